The Kier molecular flexibility index (Phi) is 13.5. The number of hydrogen-bond acceptors (Lipinski definition) is 10. The lowest BCUT2D eigenvalue weighted by Crippen LogP contribution is -2.51. The molecular formula is C24H40N2O10. The number of ether oxygens (including phenoxy) is 3. The summed E-state index contributed by atoms with van der Waals surface area (Å²) < 4.78 is 16.1. The molecule has 4 atom stereocenters. The molecule has 2 heterocycles. The van der Waals surface area contributed by atoms with E-state index in [-0.39, 0.29) is 13.0 Å². The molecule has 0 N–H and O–H groups in total. The zero-order valence-electron chi connectivity index (χ0n) is 21.2. The van der Waals surface area contributed by atoms with Gasteiger partial charge in [-0.15, -0.1) is 20.2 Å². The first-order chi connectivity index (χ1) is 17.4. The summed E-state index contributed by atoms with van der Waals surface area (Å²) in [4.78, 5) is 43.2. The monoisotopic (exact) mass is 516 g/mol. The maximum Gasteiger partial charge on any atom is 0.309 e. The number of esters is 1. The second kappa shape index (κ2) is 16.3. The van der Waals surface area contributed by atoms with E-state index in [0.29, 0.717) is 6.42 Å². The van der Waals surface area contributed by atoms with E-state index in [9.17, 15) is 25.0 Å². The normalized spacial score (nSPS) is 25.1. The SMILES string of the molecule is CCCCCCCC/C=C\CCCCCCCC(=O)O[C@@]1(O[N+](=O)[O-])CO[C@@H]2[C@H](O[N+](=O)[O-])CO[C@@H]21. The van der Waals surface area contributed by atoms with Gasteiger partial charge in [0.15, 0.2) is 12.2 Å². The topological polar surface area (TPSA) is 150 Å². The van der Waals surface area contributed by atoms with Crippen molar-refractivity contribution in [3.8, 4) is 0 Å². The Morgan fingerprint density at radius 2 is 1.53 bits per heavy atom. The number of nitrogens with zero attached hydrogens (tertiary/aromatic N) is 2. The fraction of sp³-hybridized carbons (Fsp3) is 0.875. The molecule has 36 heavy (non-hydrogen) atoms. The van der Waals surface area contributed by atoms with Gasteiger partial charge in [0.1, 0.15) is 12.7 Å². The van der Waals surface area contributed by atoms with E-state index in [4.69, 9.17) is 14.2 Å². The van der Waals surface area contributed by atoms with Gasteiger partial charge in [-0.2, -0.15) is 0 Å². The summed E-state index contributed by atoms with van der Waals surface area (Å²) >= 11 is 0. The Morgan fingerprint density at radius 3 is 2.14 bits per heavy atom. The van der Waals surface area contributed by atoms with Crippen molar-refractivity contribution >= 4 is 5.97 Å². The zero-order chi connectivity index (χ0) is 26.2. The van der Waals surface area contributed by atoms with E-state index in [1.807, 2.05) is 0 Å². The van der Waals surface area contributed by atoms with Gasteiger partial charge in [0.2, 0.25) is 0 Å². The molecule has 12 heteroatoms. The second-order valence-electron chi connectivity index (χ2n) is 9.33. The predicted molar refractivity (Wildman–Crippen MR) is 128 cm³/mol. The van der Waals surface area contributed by atoms with Crippen LogP contribution in [-0.2, 0) is 28.7 Å². The third-order valence-electron chi connectivity index (χ3n) is 6.40. The van der Waals surface area contributed by atoms with Crippen molar-refractivity contribution in [2.75, 3.05) is 13.2 Å². The summed E-state index contributed by atoms with van der Waals surface area (Å²) in [6, 6.07) is 0. The van der Waals surface area contributed by atoms with E-state index >= 15 is 0 Å². The highest BCUT2D eigenvalue weighted by molar-refractivity contribution is 5.69. The molecule has 0 bridgehead atoms. The molecule has 2 aliphatic rings. The van der Waals surface area contributed by atoms with Crippen LogP contribution in [0, 0.1) is 20.2 Å². The Hall–Kier alpha value is -2.47. The standard InChI is InChI=1S/C24H40N2O10/c1-2-3-4-5-6-7-8-9-10-11-12-13-14-15-16-17-21(27)34-24(36-26(30)31)19-33-22-20(35-25(28)29)18-32-23(22)24/h9-10,20,22-23H,2-8,11-19H2,1H3/b10-9-/t20-,22-,23+,24-/m1/s1. The van der Waals surface area contributed by atoms with Crippen LogP contribution in [0.25, 0.3) is 0 Å². The van der Waals surface area contributed by atoms with Crippen LogP contribution in [0.3, 0.4) is 0 Å². The highest BCUT2D eigenvalue weighted by Crippen LogP contribution is 2.39. The maximum atomic E-state index is 12.4. The number of carbonyl (C=O) groups excluding carboxylic acids is 1. The van der Waals surface area contributed by atoms with Crippen LogP contribution in [0.15, 0.2) is 12.2 Å². The van der Waals surface area contributed by atoms with Gasteiger partial charge >= 0.3 is 11.8 Å². The molecule has 2 rings (SSSR count). The third-order valence-corrected chi connectivity index (χ3v) is 6.40. The van der Waals surface area contributed by atoms with Crippen molar-refractivity contribution < 1.29 is 38.9 Å². The Balaban J connectivity index is 1.59. The summed E-state index contributed by atoms with van der Waals surface area (Å²) in [7, 11) is 0. The molecule has 0 aliphatic carbocycles. The van der Waals surface area contributed by atoms with Crippen molar-refractivity contribution in [1.82, 2.24) is 0 Å². The van der Waals surface area contributed by atoms with Crippen molar-refractivity contribution in [3.05, 3.63) is 32.4 Å². The van der Waals surface area contributed by atoms with E-state index in [2.05, 4.69) is 28.8 Å². The smallest absolute Gasteiger partial charge is 0.309 e. The Morgan fingerprint density at radius 1 is 0.917 bits per heavy atom. The molecule has 0 aromatic carbocycles. The average molecular weight is 517 g/mol. The van der Waals surface area contributed by atoms with Crippen LogP contribution in [0.4, 0.5) is 0 Å². The molecule has 0 aromatic rings. The molecule has 2 saturated heterocycles. The molecule has 0 aromatic heterocycles. The highest BCUT2D eigenvalue weighted by atomic mass is 17.0. The fourth-order valence-electron chi connectivity index (χ4n) is 4.55. The van der Waals surface area contributed by atoms with Crippen molar-refractivity contribution in [3.63, 3.8) is 0 Å². The summed E-state index contributed by atoms with van der Waals surface area (Å²) in [6.45, 7) is 1.50. The lowest BCUT2D eigenvalue weighted by molar-refractivity contribution is -0.796. The van der Waals surface area contributed by atoms with Crippen molar-refractivity contribution in [1.29, 1.82) is 0 Å². The van der Waals surface area contributed by atoms with Gasteiger partial charge in [0, 0.05) is 6.42 Å². The molecule has 0 amide bonds. The minimum Gasteiger partial charge on any atom is -0.427 e. The van der Waals surface area contributed by atoms with E-state index in [1.165, 1.54) is 38.5 Å². The van der Waals surface area contributed by atoms with E-state index in [1.54, 1.807) is 0 Å². The summed E-state index contributed by atoms with van der Waals surface area (Å²) in [5.41, 5.74) is 0. The van der Waals surface area contributed by atoms with Crippen molar-refractivity contribution in [2.24, 2.45) is 0 Å². The predicted octanol–water partition coefficient (Wildman–Crippen LogP) is 4.85. The summed E-state index contributed by atoms with van der Waals surface area (Å²) in [5, 5.41) is 19.6. The summed E-state index contributed by atoms with van der Waals surface area (Å²) in [5.74, 6) is -2.79. The van der Waals surface area contributed by atoms with Gasteiger partial charge < -0.3 is 19.0 Å². The molecule has 0 unspecified atom stereocenters. The molecule has 0 spiro atoms. The van der Waals surface area contributed by atoms with Gasteiger partial charge in [-0.25, -0.2) is 0 Å². The molecule has 0 saturated carbocycles. The zero-order valence-corrected chi connectivity index (χ0v) is 21.2. The second-order valence-corrected chi connectivity index (χ2v) is 9.33. The van der Waals surface area contributed by atoms with E-state index in [0.717, 1.165) is 38.5 Å². The number of allylic oxidation sites excluding steroid dienone is 2. The van der Waals surface area contributed by atoms with Crippen LogP contribution in [-0.4, -0.2) is 53.5 Å². The van der Waals surface area contributed by atoms with Crippen LogP contribution < -0.4 is 0 Å². The minimum atomic E-state index is -2.11. The number of hydrogen-bond donors (Lipinski definition) is 0. The minimum absolute atomic E-state index is 0.0627. The molecule has 2 fully saturated rings. The van der Waals surface area contributed by atoms with Gasteiger partial charge in [-0.1, -0.05) is 70.4 Å². The van der Waals surface area contributed by atoms with Crippen LogP contribution in [0.2, 0.25) is 0 Å². The van der Waals surface area contributed by atoms with Crippen LogP contribution in [0.5, 0.6) is 0 Å². The van der Waals surface area contributed by atoms with Crippen LogP contribution >= 0.6 is 0 Å². The molecular weight excluding hydrogens is 476 g/mol. The number of fused-ring (bicyclic) bond motifs is 1. The lowest BCUT2D eigenvalue weighted by atomic mass is 10.1. The largest absolute Gasteiger partial charge is 0.427 e. The number of rotatable bonds is 20. The molecule has 2 aliphatic heterocycles. The van der Waals surface area contributed by atoms with Gasteiger partial charge in [0.25, 0.3) is 10.2 Å². The fourth-order valence-corrected chi connectivity index (χ4v) is 4.55. The maximum absolute atomic E-state index is 12.4. The molecule has 12 nitrogen and oxygen atoms in total. The first-order valence-electron chi connectivity index (χ1n) is 13.1. The first kappa shape index (κ1) is 29.8. The number of unbranched alkanes of at least 4 members (excludes halogenated alkanes) is 11. The highest BCUT2D eigenvalue weighted by Gasteiger charge is 2.63. The lowest BCUT2D eigenvalue weighted by Gasteiger charge is -2.29. The van der Waals surface area contributed by atoms with Gasteiger partial charge in [0.05, 0.1) is 6.61 Å². The van der Waals surface area contributed by atoms with Crippen molar-refractivity contribution in [2.45, 2.75) is 121 Å². The quantitative estimate of drug-likeness (QED) is 0.0549. The first-order valence-corrected chi connectivity index (χ1v) is 13.1. The Labute approximate surface area is 211 Å². The van der Waals surface area contributed by atoms with Gasteiger partial charge in [-0.05, 0) is 32.1 Å². The number of carbonyl (C=O) groups is 1. The van der Waals surface area contributed by atoms with Gasteiger partial charge in [-0.3, -0.25) is 9.63 Å². The van der Waals surface area contributed by atoms with E-state index < -0.39 is 46.8 Å². The van der Waals surface area contributed by atoms with Crippen LogP contribution in [0.1, 0.15) is 96.8 Å². The third kappa shape index (κ3) is 10.3. The molecule has 206 valence electrons. The summed E-state index contributed by atoms with van der Waals surface area (Å²) in [6.07, 6.45) is 15.9. The Bertz CT molecular complexity index is 719. The average Bonchev–Trinajstić information content (AvgIpc) is 3.37. The molecule has 0 radical (unpaired) electrons.